The Morgan fingerprint density at radius 3 is 2.67 bits per heavy atom. The minimum Gasteiger partial charge on any atom is -0.324 e. The molecule has 1 aliphatic rings. The molecule has 0 spiro atoms. The van der Waals surface area contributed by atoms with Crippen LogP contribution in [0.2, 0.25) is 10.0 Å². The first kappa shape index (κ1) is 17.1. The van der Waals surface area contributed by atoms with Gasteiger partial charge in [-0.2, -0.15) is 0 Å². The average Bonchev–Trinajstić information content (AvgIpc) is 2.49. The number of benzene rings is 1. The SMILES string of the molecule is CCCC1CCN(CCC(N)c2cccc(Cl)c2Cl)CC1. The van der Waals surface area contributed by atoms with Crippen molar-refractivity contribution in [1.29, 1.82) is 0 Å². The number of nitrogens with two attached hydrogens (primary N) is 1. The number of hydrogen-bond acceptors (Lipinski definition) is 2. The predicted molar refractivity (Wildman–Crippen MR) is 92.1 cm³/mol. The number of piperidine rings is 1. The molecule has 0 bridgehead atoms. The molecule has 2 nitrogen and oxygen atoms in total. The molecule has 1 heterocycles. The first-order valence-electron chi connectivity index (χ1n) is 8.03. The summed E-state index contributed by atoms with van der Waals surface area (Å²) < 4.78 is 0. The maximum absolute atomic E-state index is 6.29. The van der Waals surface area contributed by atoms with Gasteiger partial charge in [-0.05, 0) is 56.4 Å². The average molecular weight is 329 g/mol. The van der Waals surface area contributed by atoms with Crippen molar-refractivity contribution in [2.75, 3.05) is 19.6 Å². The van der Waals surface area contributed by atoms with Crippen molar-refractivity contribution < 1.29 is 0 Å². The molecule has 1 aromatic rings. The molecule has 1 atom stereocenters. The molecule has 4 heteroatoms. The van der Waals surface area contributed by atoms with Gasteiger partial charge in [0.05, 0.1) is 10.0 Å². The molecule has 1 aromatic carbocycles. The van der Waals surface area contributed by atoms with E-state index in [0.29, 0.717) is 10.0 Å². The molecule has 1 aliphatic heterocycles. The molecular formula is C17H26Cl2N2. The maximum Gasteiger partial charge on any atom is 0.0640 e. The zero-order valence-corrected chi connectivity index (χ0v) is 14.3. The molecule has 118 valence electrons. The third kappa shape index (κ3) is 4.85. The molecule has 0 aliphatic carbocycles. The van der Waals surface area contributed by atoms with Crippen molar-refractivity contribution in [3.63, 3.8) is 0 Å². The molecule has 21 heavy (non-hydrogen) atoms. The van der Waals surface area contributed by atoms with E-state index in [1.165, 1.54) is 38.8 Å². The van der Waals surface area contributed by atoms with Crippen molar-refractivity contribution in [2.24, 2.45) is 11.7 Å². The Balaban J connectivity index is 1.79. The van der Waals surface area contributed by atoms with Gasteiger partial charge < -0.3 is 10.6 Å². The van der Waals surface area contributed by atoms with E-state index >= 15 is 0 Å². The molecule has 1 saturated heterocycles. The first-order chi connectivity index (χ1) is 10.1. The Labute approximate surface area is 138 Å². The van der Waals surface area contributed by atoms with Crippen LogP contribution in [0.25, 0.3) is 0 Å². The Bertz CT molecular complexity index is 442. The molecule has 0 amide bonds. The van der Waals surface area contributed by atoms with Crippen LogP contribution in [0.4, 0.5) is 0 Å². The third-order valence-corrected chi connectivity index (χ3v) is 5.37. The number of likely N-dealkylation sites (tertiary alicyclic amines) is 1. The van der Waals surface area contributed by atoms with E-state index in [1.54, 1.807) is 6.07 Å². The van der Waals surface area contributed by atoms with Crippen LogP contribution >= 0.6 is 23.2 Å². The van der Waals surface area contributed by atoms with Gasteiger partial charge >= 0.3 is 0 Å². The van der Waals surface area contributed by atoms with E-state index in [1.807, 2.05) is 12.1 Å². The standard InChI is InChI=1S/C17H26Cl2N2/c1-2-4-13-7-10-21(11-8-13)12-9-16(20)14-5-3-6-15(18)17(14)19/h3,5-6,13,16H,2,4,7-12,20H2,1H3. The number of rotatable bonds is 6. The Morgan fingerprint density at radius 1 is 1.29 bits per heavy atom. The van der Waals surface area contributed by atoms with E-state index in [2.05, 4.69) is 11.8 Å². The number of hydrogen-bond donors (Lipinski definition) is 1. The van der Waals surface area contributed by atoms with Crippen LogP contribution in [-0.4, -0.2) is 24.5 Å². The van der Waals surface area contributed by atoms with Crippen molar-refractivity contribution in [1.82, 2.24) is 4.90 Å². The summed E-state index contributed by atoms with van der Waals surface area (Å²) in [7, 11) is 0. The summed E-state index contributed by atoms with van der Waals surface area (Å²) in [5, 5.41) is 1.19. The summed E-state index contributed by atoms with van der Waals surface area (Å²) in [5.41, 5.74) is 7.25. The second-order valence-electron chi connectivity index (χ2n) is 6.11. The summed E-state index contributed by atoms with van der Waals surface area (Å²) in [6.45, 7) is 5.74. The number of nitrogens with zero attached hydrogens (tertiary/aromatic N) is 1. The number of halogens is 2. The van der Waals surface area contributed by atoms with Crippen molar-refractivity contribution in [3.05, 3.63) is 33.8 Å². The third-order valence-electron chi connectivity index (χ3n) is 4.54. The van der Waals surface area contributed by atoms with Gasteiger partial charge in [0.25, 0.3) is 0 Å². The fourth-order valence-electron chi connectivity index (χ4n) is 3.19. The summed E-state index contributed by atoms with van der Waals surface area (Å²) in [5.74, 6) is 0.933. The van der Waals surface area contributed by atoms with Crippen LogP contribution < -0.4 is 5.73 Å². The molecule has 0 aromatic heterocycles. The highest BCUT2D eigenvalue weighted by atomic mass is 35.5. The molecule has 2 rings (SSSR count). The van der Waals surface area contributed by atoms with Crippen LogP contribution in [0.5, 0.6) is 0 Å². The second-order valence-corrected chi connectivity index (χ2v) is 6.90. The summed E-state index contributed by atoms with van der Waals surface area (Å²) >= 11 is 12.3. The monoisotopic (exact) mass is 328 g/mol. The summed E-state index contributed by atoms with van der Waals surface area (Å²) in [4.78, 5) is 2.53. The van der Waals surface area contributed by atoms with Gasteiger partial charge in [-0.25, -0.2) is 0 Å². The molecule has 2 N–H and O–H groups in total. The summed E-state index contributed by atoms with van der Waals surface area (Å²) in [6.07, 6.45) is 6.29. The lowest BCUT2D eigenvalue weighted by Crippen LogP contribution is -2.35. The van der Waals surface area contributed by atoms with Crippen LogP contribution in [0.15, 0.2) is 18.2 Å². The molecule has 0 saturated carbocycles. The molecule has 0 radical (unpaired) electrons. The molecule has 1 unspecified atom stereocenters. The lowest BCUT2D eigenvalue weighted by molar-refractivity contribution is 0.174. The van der Waals surface area contributed by atoms with Gasteiger partial charge in [0.1, 0.15) is 0 Å². The van der Waals surface area contributed by atoms with E-state index in [9.17, 15) is 0 Å². The highest BCUT2D eigenvalue weighted by molar-refractivity contribution is 6.42. The maximum atomic E-state index is 6.29. The van der Waals surface area contributed by atoms with Crippen molar-refractivity contribution in [2.45, 2.75) is 45.1 Å². The van der Waals surface area contributed by atoms with Crippen LogP contribution in [0.3, 0.4) is 0 Å². The van der Waals surface area contributed by atoms with E-state index in [0.717, 1.165) is 24.4 Å². The minimum absolute atomic E-state index is 0.0374. The van der Waals surface area contributed by atoms with E-state index in [4.69, 9.17) is 28.9 Å². The van der Waals surface area contributed by atoms with Gasteiger partial charge in [-0.3, -0.25) is 0 Å². The van der Waals surface area contributed by atoms with Crippen LogP contribution in [0.1, 0.15) is 50.6 Å². The van der Waals surface area contributed by atoms with E-state index in [-0.39, 0.29) is 6.04 Å². The van der Waals surface area contributed by atoms with Gasteiger partial charge in [-0.15, -0.1) is 0 Å². The Morgan fingerprint density at radius 2 is 2.00 bits per heavy atom. The highest BCUT2D eigenvalue weighted by Crippen LogP contribution is 2.30. The normalized spacial score (nSPS) is 18.9. The Hall–Kier alpha value is -0.280. The zero-order valence-electron chi connectivity index (χ0n) is 12.8. The highest BCUT2D eigenvalue weighted by Gasteiger charge is 2.19. The second kappa shape index (κ2) is 8.38. The van der Waals surface area contributed by atoms with Crippen LogP contribution in [-0.2, 0) is 0 Å². The Kier molecular flexibility index (Phi) is 6.81. The zero-order chi connectivity index (χ0) is 15.2. The fourth-order valence-corrected chi connectivity index (χ4v) is 3.64. The first-order valence-corrected chi connectivity index (χ1v) is 8.79. The van der Waals surface area contributed by atoms with E-state index < -0.39 is 0 Å². The van der Waals surface area contributed by atoms with Crippen molar-refractivity contribution in [3.8, 4) is 0 Å². The molecule has 1 fully saturated rings. The fraction of sp³-hybridized carbons (Fsp3) is 0.647. The van der Waals surface area contributed by atoms with Gasteiger partial charge in [0, 0.05) is 6.04 Å². The van der Waals surface area contributed by atoms with Gasteiger partial charge in [0.15, 0.2) is 0 Å². The quantitative estimate of drug-likeness (QED) is 0.805. The topological polar surface area (TPSA) is 29.3 Å². The lowest BCUT2D eigenvalue weighted by Gasteiger charge is -2.32. The lowest BCUT2D eigenvalue weighted by atomic mass is 9.92. The van der Waals surface area contributed by atoms with Crippen LogP contribution in [0, 0.1) is 5.92 Å². The predicted octanol–water partition coefficient (Wildman–Crippen LogP) is 4.90. The van der Waals surface area contributed by atoms with Gasteiger partial charge in [-0.1, -0.05) is 55.1 Å². The van der Waals surface area contributed by atoms with Gasteiger partial charge in [0.2, 0.25) is 0 Å². The largest absolute Gasteiger partial charge is 0.324 e. The minimum atomic E-state index is -0.0374. The molecular weight excluding hydrogens is 303 g/mol. The summed E-state index contributed by atoms with van der Waals surface area (Å²) in [6, 6.07) is 5.66. The smallest absolute Gasteiger partial charge is 0.0640 e. The van der Waals surface area contributed by atoms with Crippen molar-refractivity contribution >= 4 is 23.2 Å².